The fourth-order valence-corrected chi connectivity index (χ4v) is 3.19. The Morgan fingerprint density at radius 1 is 1.14 bits per heavy atom. The Bertz CT molecular complexity index is 792. The first-order valence-electron chi connectivity index (χ1n) is 6.23. The van der Waals surface area contributed by atoms with Crippen molar-refractivity contribution in [2.24, 2.45) is 4.40 Å². The van der Waals surface area contributed by atoms with Gasteiger partial charge in [-0.3, -0.25) is 0 Å². The summed E-state index contributed by atoms with van der Waals surface area (Å²) in [6.07, 6.45) is 5.78. The lowest BCUT2D eigenvalue weighted by Gasteiger charge is -2.20. The highest BCUT2D eigenvalue weighted by Gasteiger charge is 2.38. The number of nitrogens with zero attached hydrogens (tertiary/aromatic N) is 1. The van der Waals surface area contributed by atoms with Gasteiger partial charge in [0.15, 0.2) is 0 Å². The van der Waals surface area contributed by atoms with Gasteiger partial charge in [-0.1, -0.05) is 15.9 Å². The number of hydrogen-bond acceptors (Lipinski definition) is 5. The van der Waals surface area contributed by atoms with Gasteiger partial charge < -0.3 is 9.47 Å². The van der Waals surface area contributed by atoms with Crippen molar-refractivity contribution in [1.82, 2.24) is 0 Å². The van der Waals surface area contributed by atoms with E-state index in [1.54, 1.807) is 12.1 Å². The molecule has 1 aromatic carbocycles. The van der Waals surface area contributed by atoms with Crippen LogP contribution in [-0.2, 0) is 24.3 Å². The Balaban J connectivity index is 1.85. The Labute approximate surface area is 135 Å². The Morgan fingerprint density at radius 3 is 2.32 bits per heavy atom. The molecule has 0 unspecified atom stereocenters. The number of sulfonamides is 1. The molecular formula is C14H10BrNO5S. The van der Waals surface area contributed by atoms with Gasteiger partial charge in [0.1, 0.15) is 6.61 Å². The van der Waals surface area contributed by atoms with E-state index in [1.807, 2.05) is 0 Å². The molecule has 0 amide bonds. The van der Waals surface area contributed by atoms with Crippen LogP contribution in [-0.4, -0.2) is 32.5 Å². The van der Waals surface area contributed by atoms with Crippen molar-refractivity contribution in [1.29, 1.82) is 0 Å². The molecule has 0 bridgehead atoms. The van der Waals surface area contributed by atoms with E-state index in [0.717, 1.165) is 4.47 Å². The number of ether oxygens (including phenoxy) is 2. The number of allylic oxidation sites excluding steroid dienone is 2. The van der Waals surface area contributed by atoms with Crippen LogP contribution in [0.15, 0.2) is 62.3 Å². The lowest BCUT2D eigenvalue weighted by Crippen LogP contribution is -2.27. The molecule has 0 saturated carbocycles. The van der Waals surface area contributed by atoms with Crippen molar-refractivity contribution >= 4 is 37.6 Å². The summed E-state index contributed by atoms with van der Waals surface area (Å²) in [4.78, 5) is 11.2. The maximum absolute atomic E-state index is 12.2. The van der Waals surface area contributed by atoms with Gasteiger partial charge in [-0.2, -0.15) is 12.8 Å². The van der Waals surface area contributed by atoms with Crippen LogP contribution in [0.4, 0.5) is 0 Å². The summed E-state index contributed by atoms with van der Waals surface area (Å²) in [6, 6.07) is 6.17. The van der Waals surface area contributed by atoms with Crippen molar-refractivity contribution in [2.75, 3.05) is 6.61 Å². The quantitative estimate of drug-likeness (QED) is 0.729. The van der Waals surface area contributed by atoms with Gasteiger partial charge in [-0.15, -0.1) is 0 Å². The monoisotopic (exact) mass is 383 g/mol. The van der Waals surface area contributed by atoms with Gasteiger partial charge in [0, 0.05) is 4.47 Å². The van der Waals surface area contributed by atoms with E-state index < -0.39 is 21.8 Å². The first kappa shape index (κ1) is 15.1. The first-order valence-corrected chi connectivity index (χ1v) is 8.47. The maximum Gasteiger partial charge on any atom is 0.335 e. The van der Waals surface area contributed by atoms with E-state index in [9.17, 15) is 13.2 Å². The van der Waals surface area contributed by atoms with E-state index in [4.69, 9.17) is 9.47 Å². The fourth-order valence-electron chi connectivity index (χ4n) is 1.95. The predicted octanol–water partition coefficient (Wildman–Crippen LogP) is 1.97. The molecule has 1 aromatic rings. The predicted molar refractivity (Wildman–Crippen MR) is 81.8 cm³/mol. The topological polar surface area (TPSA) is 82.0 Å². The minimum atomic E-state index is -3.81. The standard InChI is InChI=1S/C14H10BrNO5S/c15-10-1-3-12(4-2-10)22(18,19)16-11-5-7-14(8-6-11)20-9-13(17)21-14/h1-8H,9H2. The second-order valence-corrected chi connectivity index (χ2v) is 7.12. The third-order valence-corrected chi connectivity index (χ3v) is 4.85. The Hall–Kier alpha value is -1.77. The number of carbonyl (C=O) groups is 1. The van der Waals surface area contributed by atoms with E-state index >= 15 is 0 Å². The van der Waals surface area contributed by atoms with Crippen LogP contribution in [0, 0.1) is 0 Å². The number of rotatable bonds is 2. The van der Waals surface area contributed by atoms with E-state index in [0.29, 0.717) is 0 Å². The van der Waals surface area contributed by atoms with Crippen molar-refractivity contribution in [3.8, 4) is 0 Å². The van der Waals surface area contributed by atoms with Crippen LogP contribution >= 0.6 is 15.9 Å². The molecule has 0 aromatic heterocycles. The molecule has 0 radical (unpaired) electrons. The largest absolute Gasteiger partial charge is 0.424 e. The number of esters is 1. The summed E-state index contributed by atoms with van der Waals surface area (Å²) < 4.78 is 39.1. The second kappa shape index (κ2) is 5.45. The van der Waals surface area contributed by atoms with Crippen LogP contribution in [0.25, 0.3) is 0 Å². The van der Waals surface area contributed by atoms with Crippen LogP contribution in [0.3, 0.4) is 0 Å². The zero-order chi connectivity index (χ0) is 15.8. The SMILES string of the molecule is O=C1COC2(C=CC(=NS(=O)(=O)c3ccc(Br)cc3)C=C2)O1. The normalized spacial score (nSPS) is 23.9. The number of halogens is 1. The van der Waals surface area contributed by atoms with Crippen LogP contribution in [0.1, 0.15) is 0 Å². The summed E-state index contributed by atoms with van der Waals surface area (Å²) in [6.45, 7) is -0.141. The molecule has 1 heterocycles. The molecule has 0 N–H and O–H groups in total. The third kappa shape index (κ3) is 3.03. The number of hydrogen-bond donors (Lipinski definition) is 0. The summed E-state index contributed by atoms with van der Waals surface area (Å²) in [7, 11) is -3.81. The van der Waals surface area contributed by atoms with Gasteiger partial charge >= 0.3 is 5.97 Å². The molecule has 1 aliphatic heterocycles. The lowest BCUT2D eigenvalue weighted by atomic mass is 10.1. The second-order valence-electron chi connectivity index (χ2n) is 4.60. The highest BCUT2D eigenvalue weighted by Crippen LogP contribution is 2.26. The van der Waals surface area contributed by atoms with E-state index in [-0.39, 0.29) is 17.2 Å². The summed E-state index contributed by atoms with van der Waals surface area (Å²) in [5, 5.41) is 0. The van der Waals surface area contributed by atoms with Gasteiger partial charge in [0.25, 0.3) is 15.8 Å². The summed E-state index contributed by atoms with van der Waals surface area (Å²) in [5.41, 5.74) is 0.222. The van der Waals surface area contributed by atoms with Gasteiger partial charge in [0.05, 0.1) is 10.6 Å². The molecule has 1 fully saturated rings. The first-order chi connectivity index (χ1) is 10.4. The highest BCUT2D eigenvalue weighted by atomic mass is 79.9. The maximum atomic E-state index is 12.2. The smallest absolute Gasteiger partial charge is 0.335 e. The molecular weight excluding hydrogens is 374 g/mol. The molecule has 8 heteroatoms. The third-order valence-electron chi connectivity index (χ3n) is 3.00. The fraction of sp³-hybridized carbons (Fsp3) is 0.143. The molecule has 114 valence electrons. The van der Waals surface area contributed by atoms with E-state index in [1.165, 1.54) is 36.4 Å². The minimum absolute atomic E-state index is 0.0915. The molecule has 1 saturated heterocycles. The molecule has 2 aliphatic rings. The van der Waals surface area contributed by atoms with Crippen molar-refractivity contribution in [3.05, 3.63) is 53.0 Å². The minimum Gasteiger partial charge on any atom is -0.424 e. The molecule has 1 aliphatic carbocycles. The van der Waals surface area contributed by atoms with Crippen LogP contribution in [0.2, 0.25) is 0 Å². The zero-order valence-corrected chi connectivity index (χ0v) is 13.5. The zero-order valence-electron chi connectivity index (χ0n) is 11.1. The average molecular weight is 384 g/mol. The molecule has 3 rings (SSSR count). The number of benzene rings is 1. The van der Waals surface area contributed by atoms with Gasteiger partial charge in [-0.05, 0) is 48.6 Å². The molecule has 22 heavy (non-hydrogen) atoms. The lowest BCUT2D eigenvalue weighted by molar-refractivity contribution is -0.147. The van der Waals surface area contributed by atoms with Crippen LogP contribution < -0.4 is 0 Å². The van der Waals surface area contributed by atoms with Crippen LogP contribution in [0.5, 0.6) is 0 Å². The molecule has 6 nitrogen and oxygen atoms in total. The Kier molecular flexibility index (Phi) is 3.75. The van der Waals surface area contributed by atoms with Crippen molar-refractivity contribution < 1.29 is 22.7 Å². The average Bonchev–Trinajstić information content (AvgIpc) is 2.83. The summed E-state index contributed by atoms with van der Waals surface area (Å²) >= 11 is 3.24. The molecule has 1 spiro atoms. The number of carbonyl (C=O) groups excluding carboxylic acids is 1. The molecule has 0 atom stereocenters. The Morgan fingerprint density at radius 2 is 1.77 bits per heavy atom. The summed E-state index contributed by atoms with van der Waals surface area (Å²) in [5.74, 6) is -1.71. The van der Waals surface area contributed by atoms with Gasteiger partial charge in [0.2, 0.25) is 0 Å². The van der Waals surface area contributed by atoms with Gasteiger partial charge in [-0.25, -0.2) is 4.79 Å². The van der Waals surface area contributed by atoms with E-state index in [2.05, 4.69) is 20.3 Å². The van der Waals surface area contributed by atoms with Crippen molar-refractivity contribution in [3.63, 3.8) is 0 Å². The highest BCUT2D eigenvalue weighted by molar-refractivity contribution is 9.10. The van der Waals surface area contributed by atoms with Crippen molar-refractivity contribution in [2.45, 2.75) is 10.7 Å².